The molecular formula is C26H32ClN3O2S. The average molecular weight is 486 g/mol. The minimum atomic E-state index is -0.157. The molecule has 2 aliphatic heterocycles. The molecule has 5 nitrogen and oxygen atoms in total. The maximum Gasteiger partial charge on any atom is 0.244 e. The highest BCUT2D eigenvalue weighted by Crippen LogP contribution is 2.30. The van der Waals surface area contributed by atoms with E-state index in [0.29, 0.717) is 23.8 Å². The zero-order valence-electron chi connectivity index (χ0n) is 19.4. The Hall–Kier alpha value is -2.15. The summed E-state index contributed by atoms with van der Waals surface area (Å²) < 4.78 is 0.697. The van der Waals surface area contributed by atoms with Crippen molar-refractivity contribution >= 4 is 46.5 Å². The molecule has 0 radical (unpaired) electrons. The van der Waals surface area contributed by atoms with E-state index in [4.69, 9.17) is 11.6 Å². The van der Waals surface area contributed by atoms with Crippen molar-refractivity contribution in [3.63, 3.8) is 0 Å². The molecule has 4 rings (SSSR count). The van der Waals surface area contributed by atoms with Gasteiger partial charge in [-0.15, -0.1) is 11.3 Å². The predicted octanol–water partition coefficient (Wildman–Crippen LogP) is 4.96. The standard InChI is InChI=1S/C26H32ClN3O2S/c1-26(2,18-29-13-3-4-14-29)20-5-7-21(8-6-20)30-17-19(15-25(30)32)16-28-24(31)12-10-22-9-11-23(27)33-22/h5-12,19H,3-4,13-18H2,1-2H3,(H,28,31)/b12-10+. The summed E-state index contributed by atoms with van der Waals surface area (Å²) in [6.07, 6.45) is 6.32. The quantitative estimate of drug-likeness (QED) is 0.538. The summed E-state index contributed by atoms with van der Waals surface area (Å²) in [7, 11) is 0. The zero-order chi connectivity index (χ0) is 23.4. The lowest BCUT2D eigenvalue weighted by atomic mass is 9.84. The Labute approximate surface area is 205 Å². The van der Waals surface area contributed by atoms with E-state index >= 15 is 0 Å². The van der Waals surface area contributed by atoms with Crippen LogP contribution in [0.25, 0.3) is 6.08 Å². The summed E-state index contributed by atoms with van der Waals surface area (Å²) in [4.78, 5) is 30.1. The van der Waals surface area contributed by atoms with Crippen molar-refractivity contribution in [3.05, 3.63) is 57.3 Å². The number of hydrogen-bond donors (Lipinski definition) is 1. The van der Waals surface area contributed by atoms with E-state index in [1.165, 1.54) is 48.9 Å². The van der Waals surface area contributed by atoms with E-state index in [0.717, 1.165) is 17.1 Å². The second kappa shape index (κ2) is 10.4. The molecule has 2 saturated heterocycles. The van der Waals surface area contributed by atoms with Crippen LogP contribution in [0.1, 0.15) is 43.6 Å². The number of benzene rings is 1. The van der Waals surface area contributed by atoms with Crippen LogP contribution < -0.4 is 10.2 Å². The summed E-state index contributed by atoms with van der Waals surface area (Å²) in [6.45, 7) is 9.14. The second-order valence-electron chi connectivity index (χ2n) is 9.71. The highest BCUT2D eigenvalue weighted by Gasteiger charge is 2.31. The molecule has 1 aromatic heterocycles. The summed E-state index contributed by atoms with van der Waals surface area (Å²) in [5.74, 6) is 0.0643. The molecule has 1 aromatic carbocycles. The van der Waals surface area contributed by atoms with Crippen molar-refractivity contribution in [2.45, 2.75) is 38.5 Å². The third-order valence-corrected chi connectivity index (χ3v) is 7.74. The van der Waals surface area contributed by atoms with E-state index in [-0.39, 0.29) is 23.1 Å². The van der Waals surface area contributed by atoms with Gasteiger partial charge in [0.2, 0.25) is 11.8 Å². The average Bonchev–Trinajstić information content (AvgIpc) is 3.52. The van der Waals surface area contributed by atoms with Crippen LogP contribution in [0.4, 0.5) is 5.69 Å². The van der Waals surface area contributed by atoms with Crippen LogP contribution in [0.5, 0.6) is 0 Å². The van der Waals surface area contributed by atoms with Gasteiger partial charge in [0.25, 0.3) is 0 Å². The van der Waals surface area contributed by atoms with Crippen LogP contribution in [-0.2, 0) is 15.0 Å². The normalized spacial score (nSPS) is 19.7. The number of likely N-dealkylation sites (tertiary alicyclic amines) is 1. The van der Waals surface area contributed by atoms with E-state index in [1.807, 2.05) is 17.0 Å². The van der Waals surface area contributed by atoms with Gasteiger partial charge >= 0.3 is 0 Å². The van der Waals surface area contributed by atoms with Gasteiger partial charge < -0.3 is 15.1 Å². The topological polar surface area (TPSA) is 52.6 Å². The molecule has 2 aromatic rings. The van der Waals surface area contributed by atoms with Gasteiger partial charge in [0.1, 0.15) is 0 Å². The molecule has 7 heteroatoms. The number of thiophene rings is 1. The summed E-state index contributed by atoms with van der Waals surface area (Å²) in [5.41, 5.74) is 2.31. The monoisotopic (exact) mass is 485 g/mol. The third kappa shape index (κ3) is 6.25. The van der Waals surface area contributed by atoms with Gasteiger partial charge in [0, 0.05) is 54.0 Å². The van der Waals surface area contributed by atoms with Crippen molar-refractivity contribution in [1.29, 1.82) is 0 Å². The number of nitrogens with one attached hydrogen (secondary N) is 1. The molecule has 1 N–H and O–H groups in total. The molecule has 0 bridgehead atoms. The third-order valence-electron chi connectivity index (χ3n) is 6.54. The Kier molecular flexibility index (Phi) is 7.57. The van der Waals surface area contributed by atoms with Gasteiger partial charge in [-0.25, -0.2) is 0 Å². The molecule has 33 heavy (non-hydrogen) atoms. The number of amides is 2. The fraction of sp³-hybridized carbons (Fsp3) is 0.462. The maximum atomic E-state index is 12.6. The minimum Gasteiger partial charge on any atom is -0.352 e. The number of carbonyl (C=O) groups excluding carboxylic acids is 2. The van der Waals surface area contributed by atoms with Crippen molar-refractivity contribution in [2.24, 2.45) is 5.92 Å². The molecule has 0 spiro atoms. The highest BCUT2D eigenvalue weighted by molar-refractivity contribution is 7.17. The number of anilines is 1. The predicted molar refractivity (Wildman–Crippen MR) is 137 cm³/mol. The van der Waals surface area contributed by atoms with Gasteiger partial charge in [0.05, 0.1) is 4.34 Å². The number of nitrogens with zero attached hydrogens (tertiary/aromatic N) is 2. The maximum absolute atomic E-state index is 12.6. The van der Waals surface area contributed by atoms with Crippen LogP contribution in [0.3, 0.4) is 0 Å². The molecule has 0 saturated carbocycles. The van der Waals surface area contributed by atoms with Gasteiger partial charge in [-0.05, 0) is 61.8 Å². The lowest BCUT2D eigenvalue weighted by Crippen LogP contribution is -2.35. The molecule has 2 amide bonds. The van der Waals surface area contributed by atoms with E-state index in [9.17, 15) is 9.59 Å². The number of hydrogen-bond acceptors (Lipinski definition) is 4. The lowest BCUT2D eigenvalue weighted by Gasteiger charge is -2.31. The van der Waals surface area contributed by atoms with Crippen molar-refractivity contribution < 1.29 is 9.59 Å². The molecule has 2 fully saturated rings. The number of halogens is 1. The molecular weight excluding hydrogens is 454 g/mol. The fourth-order valence-electron chi connectivity index (χ4n) is 4.73. The largest absolute Gasteiger partial charge is 0.352 e. The minimum absolute atomic E-state index is 0.0761. The Morgan fingerprint density at radius 2 is 1.91 bits per heavy atom. The molecule has 2 aliphatic rings. The van der Waals surface area contributed by atoms with Crippen LogP contribution in [0.15, 0.2) is 42.5 Å². The summed E-state index contributed by atoms with van der Waals surface area (Å²) in [5, 5.41) is 2.92. The van der Waals surface area contributed by atoms with Crippen molar-refractivity contribution in [2.75, 3.05) is 37.6 Å². The molecule has 0 aliphatic carbocycles. The van der Waals surface area contributed by atoms with E-state index < -0.39 is 0 Å². The zero-order valence-corrected chi connectivity index (χ0v) is 20.9. The van der Waals surface area contributed by atoms with Gasteiger partial charge in [-0.2, -0.15) is 0 Å². The number of rotatable bonds is 8. The van der Waals surface area contributed by atoms with Gasteiger partial charge in [-0.3, -0.25) is 9.59 Å². The first kappa shape index (κ1) is 24.0. The first-order valence-corrected chi connectivity index (χ1v) is 12.8. The SMILES string of the molecule is CC(C)(CN1CCCC1)c1ccc(N2CC(CNC(=O)/C=C/c3ccc(Cl)s3)CC2=O)cc1. The molecule has 176 valence electrons. The Morgan fingerprint density at radius 3 is 2.58 bits per heavy atom. The smallest absolute Gasteiger partial charge is 0.244 e. The van der Waals surface area contributed by atoms with Gasteiger partial charge in [-0.1, -0.05) is 37.6 Å². The van der Waals surface area contributed by atoms with Crippen LogP contribution in [-0.4, -0.2) is 49.4 Å². The summed E-state index contributed by atoms with van der Waals surface area (Å²) >= 11 is 7.34. The Morgan fingerprint density at radius 1 is 1.18 bits per heavy atom. The highest BCUT2D eigenvalue weighted by atomic mass is 35.5. The van der Waals surface area contributed by atoms with Gasteiger partial charge in [0.15, 0.2) is 0 Å². The lowest BCUT2D eigenvalue weighted by molar-refractivity contribution is -0.118. The van der Waals surface area contributed by atoms with E-state index in [1.54, 1.807) is 6.08 Å². The first-order chi connectivity index (χ1) is 15.8. The van der Waals surface area contributed by atoms with Crippen LogP contribution in [0.2, 0.25) is 4.34 Å². The molecule has 1 unspecified atom stereocenters. The Bertz CT molecular complexity index is 1010. The fourth-order valence-corrected chi connectivity index (χ4v) is 5.69. The number of carbonyl (C=O) groups is 2. The first-order valence-electron chi connectivity index (χ1n) is 11.6. The van der Waals surface area contributed by atoms with E-state index in [2.05, 4.69) is 48.3 Å². The van der Waals surface area contributed by atoms with Crippen LogP contribution >= 0.6 is 22.9 Å². The second-order valence-corrected chi connectivity index (χ2v) is 11.5. The van der Waals surface area contributed by atoms with Crippen LogP contribution in [0, 0.1) is 5.92 Å². The van der Waals surface area contributed by atoms with Crippen molar-refractivity contribution in [3.8, 4) is 0 Å². The Balaban J connectivity index is 1.29. The molecule has 3 heterocycles. The summed E-state index contributed by atoms with van der Waals surface area (Å²) in [6, 6.07) is 12.1. The van der Waals surface area contributed by atoms with Crippen molar-refractivity contribution in [1.82, 2.24) is 10.2 Å². The molecule has 1 atom stereocenters.